The molecule has 6 nitrogen and oxygen atoms in total. The topological polar surface area (TPSA) is 61.6 Å². The molecule has 0 atom stereocenters. The van der Waals surface area contributed by atoms with Gasteiger partial charge < -0.3 is 18.9 Å². The smallest absolute Gasteiger partial charge is 0.150 e. The van der Waals surface area contributed by atoms with Crippen molar-refractivity contribution < 1.29 is 18.9 Å². The van der Waals surface area contributed by atoms with Crippen LogP contribution in [0.3, 0.4) is 0 Å². The SMILES string of the molecule is Brc1ccc(C23C=Nc4c5cccc4-c4ccc(cc4)OCC#CC#CCOc4ccc(cc4)-c4cccc(c4N=CC4(c6ccc(Br)cc6)Cc6cc(c(cc6C4)C2)C3)-c2ccc(cc2)OCC#CC#CCOc2ccc-5cc2)cc1. The summed E-state index contributed by atoms with van der Waals surface area (Å²) in [6.45, 7) is 0.736. The second-order valence-corrected chi connectivity index (χ2v) is 22.6. The minimum Gasteiger partial charge on any atom is -0.481 e. The lowest BCUT2D eigenvalue weighted by Gasteiger charge is -2.26. The zero-order valence-electron chi connectivity index (χ0n) is 44.6. The summed E-state index contributed by atoms with van der Waals surface area (Å²) in [4.78, 5) is 11.4. The molecule has 10 aliphatic heterocycles. The number of ether oxygens (including phenoxy) is 4. The average Bonchev–Trinajstić information content (AvgIpc) is 4.20. The maximum absolute atomic E-state index is 6.09. The van der Waals surface area contributed by atoms with Gasteiger partial charge in [-0.25, -0.2) is 0 Å². The van der Waals surface area contributed by atoms with Crippen LogP contribution < -0.4 is 18.9 Å². The van der Waals surface area contributed by atoms with Crippen LogP contribution in [0.4, 0.5) is 11.4 Å². The fraction of sp³-hybridized carbons (Fsp3) is 0.135. The van der Waals surface area contributed by atoms with Gasteiger partial charge in [0.1, 0.15) is 49.4 Å². The van der Waals surface area contributed by atoms with Gasteiger partial charge in [-0.05, 0) is 201 Å². The number of fused-ring (bicyclic) bond motifs is 2. The van der Waals surface area contributed by atoms with Crippen LogP contribution in [0.5, 0.6) is 23.0 Å². The van der Waals surface area contributed by atoms with Gasteiger partial charge in [-0.3, -0.25) is 9.98 Å². The average molecular weight is 1190 g/mol. The van der Waals surface area contributed by atoms with E-state index in [1.165, 1.54) is 33.4 Å². The molecule has 0 fully saturated rings. The Morgan fingerprint density at radius 3 is 0.866 bits per heavy atom. The van der Waals surface area contributed by atoms with Gasteiger partial charge in [0.2, 0.25) is 0 Å². The van der Waals surface area contributed by atoms with Crippen LogP contribution >= 0.6 is 31.9 Å². The van der Waals surface area contributed by atoms with Gasteiger partial charge in [-0.15, -0.1) is 0 Å². The Morgan fingerprint density at radius 2 is 0.598 bits per heavy atom. The number of halogens is 2. The molecule has 0 unspecified atom stereocenters. The predicted molar refractivity (Wildman–Crippen MR) is 337 cm³/mol. The molecule has 82 heavy (non-hydrogen) atoms. The Kier molecular flexibility index (Phi) is 14.7. The molecule has 0 saturated heterocycles. The van der Waals surface area contributed by atoms with Crippen molar-refractivity contribution in [3.63, 3.8) is 0 Å². The Labute approximate surface area is 495 Å². The summed E-state index contributed by atoms with van der Waals surface area (Å²) >= 11 is 7.49. The largest absolute Gasteiger partial charge is 0.481 e. The van der Waals surface area contributed by atoms with E-state index in [0.29, 0.717) is 23.0 Å². The standard InChI is InChI=1S/C74H50Br2N2O4/c75-61-27-23-59(24-28-61)73-45-55-43-57-47-74(48-58(57)44-56(55)46-73,60-25-29-62(76)30-26-60)50-78-72-68-12-10-14-70(72)54-21-37-66(38-22-54)82-42-8-4-3-7-41-81-65-35-19-53(20-36-65)69-13-9-11-67(71(69)77-49-73)51-15-31-63(32-16-51)79-39-5-1-2-6-40-80-64-33-17-52(68)18-34-64/h9-38,43-44,49-50H,39-42,45-48H2. The van der Waals surface area contributed by atoms with Gasteiger partial charge in [0.25, 0.3) is 0 Å². The van der Waals surface area contributed by atoms with Crippen molar-refractivity contribution in [2.75, 3.05) is 26.4 Å². The van der Waals surface area contributed by atoms with E-state index >= 15 is 0 Å². The molecule has 394 valence electrons. The normalized spacial score (nSPS) is 17.4. The number of hydrogen-bond donors (Lipinski definition) is 0. The molecule has 12 aliphatic rings. The minimum absolute atomic E-state index is 0.184. The second-order valence-electron chi connectivity index (χ2n) is 20.8. The maximum atomic E-state index is 6.09. The van der Waals surface area contributed by atoms with E-state index in [-0.39, 0.29) is 26.4 Å². The van der Waals surface area contributed by atoms with Crippen LogP contribution in [-0.2, 0) is 36.5 Å². The number of nitrogens with zero attached hydrogens (tertiary/aromatic N) is 2. The van der Waals surface area contributed by atoms with Gasteiger partial charge >= 0.3 is 0 Å². The van der Waals surface area contributed by atoms with E-state index in [4.69, 9.17) is 28.9 Å². The molecule has 10 heterocycles. The molecule has 0 saturated carbocycles. The first-order valence-electron chi connectivity index (χ1n) is 27.2. The molecule has 0 aromatic heterocycles. The number of rotatable bonds is 2. The van der Waals surface area contributed by atoms with Crippen molar-refractivity contribution in [2.24, 2.45) is 9.98 Å². The molecule has 16 bridgehead atoms. The summed E-state index contributed by atoms with van der Waals surface area (Å²) in [7, 11) is 0. The van der Waals surface area contributed by atoms with E-state index in [9.17, 15) is 0 Å². The highest BCUT2D eigenvalue weighted by atomic mass is 79.9. The van der Waals surface area contributed by atoms with Gasteiger partial charge in [0.15, 0.2) is 0 Å². The number of aliphatic imine (C=N–C) groups is 2. The summed E-state index contributed by atoms with van der Waals surface area (Å²) in [6.07, 6.45) is 7.59. The van der Waals surface area contributed by atoms with E-state index in [2.05, 4.69) is 237 Å². The van der Waals surface area contributed by atoms with Crippen LogP contribution in [0, 0.1) is 47.4 Å². The Morgan fingerprint density at radius 1 is 0.329 bits per heavy atom. The molecule has 0 spiro atoms. The van der Waals surface area contributed by atoms with Crippen LogP contribution in [0.25, 0.3) is 44.5 Å². The molecule has 21 rings (SSSR count). The zero-order valence-corrected chi connectivity index (χ0v) is 47.7. The van der Waals surface area contributed by atoms with E-state index in [1.54, 1.807) is 0 Å². The Balaban J connectivity index is 0.993. The summed E-state index contributed by atoms with van der Waals surface area (Å²) in [5.41, 5.74) is 16.6. The van der Waals surface area contributed by atoms with Gasteiger partial charge in [-0.1, -0.05) is 153 Å². The lowest BCUT2D eigenvalue weighted by atomic mass is 9.78. The number of benzene rings is 9. The molecule has 0 amide bonds. The maximum Gasteiger partial charge on any atom is 0.150 e. The monoisotopic (exact) mass is 1190 g/mol. The van der Waals surface area contributed by atoms with Crippen molar-refractivity contribution in [2.45, 2.75) is 36.5 Å². The van der Waals surface area contributed by atoms with E-state index < -0.39 is 10.8 Å². The van der Waals surface area contributed by atoms with Crippen molar-refractivity contribution in [3.8, 4) is 115 Å². The molecule has 2 aliphatic carbocycles. The molecule has 8 heteroatoms. The fourth-order valence-corrected chi connectivity index (χ4v) is 12.2. The first-order chi connectivity index (χ1) is 40.3. The van der Waals surface area contributed by atoms with Crippen LogP contribution in [0.15, 0.2) is 213 Å². The highest BCUT2D eigenvalue weighted by Gasteiger charge is 2.43. The lowest BCUT2D eigenvalue weighted by molar-refractivity contribution is 0.370. The summed E-state index contributed by atoms with van der Waals surface area (Å²) < 4.78 is 26.4. The fourth-order valence-electron chi connectivity index (χ4n) is 11.6. The van der Waals surface area contributed by atoms with Crippen LogP contribution in [0.1, 0.15) is 33.4 Å². The molecule has 0 N–H and O–H groups in total. The molecular formula is C74H50Br2N2O4. The third-order valence-corrected chi connectivity index (χ3v) is 16.8. The minimum atomic E-state index is -0.452. The first kappa shape index (κ1) is 52.1. The Hall–Kier alpha value is -9.28. The van der Waals surface area contributed by atoms with E-state index in [0.717, 1.165) is 90.5 Å². The van der Waals surface area contributed by atoms with E-state index in [1.807, 2.05) is 48.5 Å². The van der Waals surface area contributed by atoms with Gasteiger partial charge in [0.05, 0.1) is 11.4 Å². The molecular weight excluding hydrogens is 1140 g/mol. The summed E-state index contributed by atoms with van der Waals surface area (Å²) in [5, 5.41) is 0. The van der Waals surface area contributed by atoms with Crippen LogP contribution in [-0.4, -0.2) is 38.9 Å². The highest BCUT2D eigenvalue weighted by Crippen LogP contribution is 2.48. The molecule has 9 aromatic rings. The quantitative estimate of drug-likeness (QED) is 0.162. The zero-order chi connectivity index (χ0) is 55.3. The number of hydrogen-bond acceptors (Lipinski definition) is 6. The lowest BCUT2D eigenvalue weighted by Crippen LogP contribution is -2.29. The summed E-state index contributed by atoms with van der Waals surface area (Å²) in [5.74, 6) is 26.6. The van der Waals surface area contributed by atoms with Crippen molar-refractivity contribution >= 4 is 55.7 Å². The third kappa shape index (κ3) is 11.0. The highest BCUT2D eigenvalue weighted by molar-refractivity contribution is 9.10. The van der Waals surface area contributed by atoms with Gasteiger partial charge in [0, 0.05) is 54.5 Å². The predicted octanol–water partition coefficient (Wildman–Crippen LogP) is 16.3. The first-order valence-corrected chi connectivity index (χ1v) is 28.8. The van der Waals surface area contributed by atoms with Gasteiger partial charge in [-0.2, -0.15) is 0 Å². The Bertz CT molecular complexity index is 3750. The van der Waals surface area contributed by atoms with Crippen molar-refractivity contribution in [1.82, 2.24) is 0 Å². The second kappa shape index (κ2) is 23.1. The van der Waals surface area contributed by atoms with Crippen molar-refractivity contribution in [3.05, 3.63) is 236 Å². The number of para-hydroxylation sites is 2. The van der Waals surface area contributed by atoms with Crippen molar-refractivity contribution in [1.29, 1.82) is 0 Å². The third-order valence-electron chi connectivity index (χ3n) is 15.7. The molecule has 9 aromatic carbocycles. The summed E-state index contributed by atoms with van der Waals surface area (Å²) in [6, 6.07) is 67.9. The van der Waals surface area contributed by atoms with Crippen LogP contribution in [0.2, 0.25) is 0 Å². The molecule has 0 radical (unpaired) electrons.